The van der Waals surface area contributed by atoms with E-state index in [0.29, 0.717) is 0 Å². The number of furan rings is 1. The molecule has 0 fully saturated rings. The molecule has 0 saturated heterocycles. The molecule has 0 saturated carbocycles. The van der Waals surface area contributed by atoms with Gasteiger partial charge in [0.05, 0.1) is 0 Å². The topological polar surface area (TPSA) is 16.4 Å². The number of anilines is 3. The van der Waals surface area contributed by atoms with E-state index in [-0.39, 0.29) is 5.41 Å². The molecule has 2 nitrogen and oxygen atoms in total. The third-order valence-corrected chi connectivity index (χ3v) is 12.8. The standard InChI is InChI=1S/C57H39NO/c1-57(2)53-18-10-8-16-46(53)51-34-49-44-15-7-6-14-43(44)48-32-39(24-30-45(48)50(49)35-54(51)57)38-22-27-41(28-23-38)58(40-25-20-37(21-26-40)36-12-4-3-5-13-36)42-29-31-56-52(33-42)47-17-9-11-19-55(47)59-56/h3-35H,1-2H3. The Bertz CT molecular complexity index is 3450. The zero-order valence-corrected chi connectivity index (χ0v) is 32.9. The van der Waals surface area contributed by atoms with Gasteiger partial charge in [-0.25, -0.2) is 0 Å². The van der Waals surface area contributed by atoms with Crippen LogP contribution in [0.3, 0.4) is 0 Å². The van der Waals surface area contributed by atoms with Gasteiger partial charge in [-0.3, -0.25) is 0 Å². The minimum Gasteiger partial charge on any atom is -0.456 e. The van der Waals surface area contributed by atoms with Crippen LogP contribution in [-0.2, 0) is 5.41 Å². The van der Waals surface area contributed by atoms with Crippen LogP contribution in [-0.4, -0.2) is 0 Å². The molecular formula is C57H39NO. The number of nitrogens with zero attached hydrogens (tertiary/aromatic N) is 1. The Balaban J connectivity index is 0.978. The van der Waals surface area contributed by atoms with Crippen LogP contribution >= 0.6 is 0 Å². The molecule has 0 aliphatic heterocycles. The summed E-state index contributed by atoms with van der Waals surface area (Å²) in [6.07, 6.45) is 0. The van der Waals surface area contributed by atoms with Crippen LogP contribution in [0.4, 0.5) is 17.1 Å². The Kier molecular flexibility index (Phi) is 7.31. The number of rotatable bonds is 5. The molecule has 1 aliphatic rings. The van der Waals surface area contributed by atoms with Crippen molar-refractivity contribution in [1.82, 2.24) is 0 Å². The van der Waals surface area contributed by atoms with Gasteiger partial charge in [0.25, 0.3) is 0 Å². The van der Waals surface area contributed by atoms with Crippen LogP contribution in [0.25, 0.3) is 87.6 Å². The fourth-order valence-electron chi connectivity index (χ4n) is 9.86. The van der Waals surface area contributed by atoms with E-state index in [1.54, 1.807) is 0 Å². The van der Waals surface area contributed by atoms with Gasteiger partial charge in [0.2, 0.25) is 0 Å². The van der Waals surface area contributed by atoms with Crippen molar-refractivity contribution in [2.75, 3.05) is 4.90 Å². The molecule has 12 rings (SSSR count). The second-order valence-corrected chi connectivity index (χ2v) is 16.5. The van der Waals surface area contributed by atoms with Crippen LogP contribution in [0.1, 0.15) is 25.0 Å². The van der Waals surface area contributed by atoms with Crippen molar-refractivity contribution in [3.05, 3.63) is 211 Å². The van der Waals surface area contributed by atoms with Crippen molar-refractivity contribution in [2.45, 2.75) is 19.3 Å². The smallest absolute Gasteiger partial charge is 0.135 e. The molecule has 1 aliphatic carbocycles. The SMILES string of the molecule is CC1(C)c2ccccc2-c2cc3c4ccccc4c4cc(-c5ccc(N(c6ccc(-c7ccccc7)cc6)c6ccc7oc8ccccc8c7c6)cc5)ccc4c3cc21. The van der Waals surface area contributed by atoms with Crippen LogP contribution in [0.15, 0.2) is 205 Å². The van der Waals surface area contributed by atoms with Crippen molar-refractivity contribution in [3.63, 3.8) is 0 Å². The number of hydrogen-bond acceptors (Lipinski definition) is 2. The third-order valence-electron chi connectivity index (χ3n) is 12.8. The number of fused-ring (bicyclic) bond motifs is 12. The lowest BCUT2D eigenvalue weighted by atomic mass is 9.81. The summed E-state index contributed by atoms with van der Waals surface area (Å²) in [5, 5.41) is 10.0. The number of para-hydroxylation sites is 1. The molecule has 0 amide bonds. The highest BCUT2D eigenvalue weighted by atomic mass is 16.3. The molecular weight excluding hydrogens is 715 g/mol. The first-order chi connectivity index (χ1) is 29.0. The minimum absolute atomic E-state index is 0.0599. The molecule has 0 atom stereocenters. The van der Waals surface area contributed by atoms with Crippen molar-refractivity contribution in [3.8, 4) is 33.4 Å². The summed E-state index contributed by atoms with van der Waals surface area (Å²) in [6.45, 7) is 4.74. The summed E-state index contributed by atoms with van der Waals surface area (Å²) in [4.78, 5) is 2.35. The molecule has 0 N–H and O–H groups in total. The molecule has 2 heteroatoms. The van der Waals surface area contributed by atoms with Gasteiger partial charge in [0, 0.05) is 33.2 Å². The highest BCUT2D eigenvalue weighted by molar-refractivity contribution is 6.26. The molecule has 0 spiro atoms. The van der Waals surface area contributed by atoms with Gasteiger partial charge in [0.1, 0.15) is 11.2 Å². The van der Waals surface area contributed by atoms with E-state index in [1.807, 2.05) is 12.1 Å². The molecule has 59 heavy (non-hydrogen) atoms. The molecule has 1 aromatic heterocycles. The minimum atomic E-state index is -0.0599. The van der Waals surface area contributed by atoms with Crippen LogP contribution in [0, 0.1) is 0 Å². The maximum absolute atomic E-state index is 6.23. The summed E-state index contributed by atoms with van der Waals surface area (Å²) in [6, 6.07) is 73.1. The molecule has 10 aromatic carbocycles. The van der Waals surface area contributed by atoms with Gasteiger partial charge >= 0.3 is 0 Å². The molecule has 0 unspecified atom stereocenters. The second-order valence-electron chi connectivity index (χ2n) is 16.5. The third kappa shape index (κ3) is 5.20. The van der Waals surface area contributed by atoms with Crippen LogP contribution < -0.4 is 4.90 Å². The van der Waals surface area contributed by atoms with Crippen LogP contribution in [0.5, 0.6) is 0 Å². The van der Waals surface area contributed by atoms with Gasteiger partial charge in [-0.1, -0.05) is 147 Å². The lowest BCUT2D eigenvalue weighted by Crippen LogP contribution is -2.14. The molecule has 11 aromatic rings. The molecule has 1 heterocycles. The Morgan fingerprint density at radius 2 is 0.847 bits per heavy atom. The summed E-state index contributed by atoms with van der Waals surface area (Å²) >= 11 is 0. The fraction of sp³-hybridized carbons (Fsp3) is 0.0526. The van der Waals surface area contributed by atoms with Gasteiger partial charge < -0.3 is 9.32 Å². The highest BCUT2D eigenvalue weighted by Gasteiger charge is 2.35. The Morgan fingerprint density at radius 3 is 1.59 bits per heavy atom. The summed E-state index contributed by atoms with van der Waals surface area (Å²) in [5.41, 5.74) is 15.3. The second kappa shape index (κ2) is 12.8. The first kappa shape index (κ1) is 33.7. The van der Waals surface area contributed by atoms with Crippen molar-refractivity contribution < 1.29 is 4.42 Å². The van der Waals surface area contributed by atoms with Crippen LogP contribution in [0.2, 0.25) is 0 Å². The molecule has 0 radical (unpaired) electrons. The van der Waals surface area contributed by atoms with Gasteiger partial charge in [-0.15, -0.1) is 0 Å². The van der Waals surface area contributed by atoms with E-state index < -0.39 is 0 Å². The van der Waals surface area contributed by atoms with E-state index in [1.165, 1.54) is 76.8 Å². The first-order valence-electron chi connectivity index (χ1n) is 20.5. The van der Waals surface area contributed by atoms with Crippen molar-refractivity contribution in [1.29, 1.82) is 0 Å². The normalized spacial score (nSPS) is 13.1. The maximum Gasteiger partial charge on any atom is 0.135 e. The van der Waals surface area contributed by atoms with Gasteiger partial charge in [0.15, 0.2) is 0 Å². The Hall–Kier alpha value is -7.42. The Labute approximate surface area is 343 Å². The van der Waals surface area contributed by atoms with Gasteiger partial charge in [-0.2, -0.15) is 0 Å². The predicted molar refractivity (Wildman–Crippen MR) is 249 cm³/mol. The lowest BCUT2D eigenvalue weighted by molar-refractivity contribution is 0.661. The summed E-state index contributed by atoms with van der Waals surface area (Å²) < 4.78 is 6.23. The zero-order valence-electron chi connectivity index (χ0n) is 32.9. The van der Waals surface area contributed by atoms with E-state index in [4.69, 9.17) is 4.42 Å². The maximum atomic E-state index is 6.23. The van der Waals surface area contributed by atoms with E-state index >= 15 is 0 Å². The number of hydrogen-bond donors (Lipinski definition) is 0. The first-order valence-corrected chi connectivity index (χ1v) is 20.5. The van der Waals surface area contributed by atoms with E-state index in [2.05, 4.69) is 207 Å². The quantitative estimate of drug-likeness (QED) is 0.163. The summed E-state index contributed by atoms with van der Waals surface area (Å²) in [5.74, 6) is 0. The Morgan fingerprint density at radius 1 is 0.322 bits per heavy atom. The van der Waals surface area contributed by atoms with E-state index in [9.17, 15) is 0 Å². The zero-order chi connectivity index (χ0) is 39.2. The summed E-state index contributed by atoms with van der Waals surface area (Å²) in [7, 11) is 0. The van der Waals surface area contributed by atoms with Gasteiger partial charge in [-0.05, 0) is 144 Å². The molecule has 278 valence electrons. The largest absolute Gasteiger partial charge is 0.456 e. The molecule has 0 bridgehead atoms. The van der Waals surface area contributed by atoms with E-state index in [0.717, 1.165) is 39.0 Å². The van der Waals surface area contributed by atoms with Crippen molar-refractivity contribution in [2.24, 2.45) is 0 Å². The average molecular weight is 754 g/mol. The average Bonchev–Trinajstić information content (AvgIpc) is 3.77. The fourth-order valence-corrected chi connectivity index (χ4v) is 9.86. The highest BCUT2D eigenvalue weighted by Crippen LogP contribution is 2.51. The predicted octanol–water partition coefficient (Wildman–Crippen LogP) is 16.2. The number of benzene rings is 10. The van der Waals surface area contributed by atoms with Crippen molar-refractivity contribution >= 4 is 71.3 Å². The monoisotopic (exact) mass is 753 g/mol. The lowest BCUT2D eigenvalue weighted by Gasteiger charge is -2.26.